The molecule has 0 saturated carbocycles. The van der Waals surface area contributed by atoms with Gasteiger partial charge in [-0.2, -0.15) is 0 Å². The number of aliphatic hydroxyl groups is 7. The van der Waals surface area contributed by atoms with Gasteiger partial charge in [0.25, 0.3) is 0 Å². The fourth-order valence-electron chi connectivity index (χ4n) is 2.78. The minimum Gasteiger partial charge on any atom is -0.790 e. The summed E-state index contributed by atoms with van der Waals surface area (Å²) in [4.78, 5) is 21.1. The second-order valence-corrected chi connectivity index (χ2v) is 7.27. The average Bonchev–Trinajstić information content (AvgIpc) is 2.85. The van der Waals surface area contributed by atoms with Crippen LogP contribution in [0.15, 0.2) is 0 Å². The summed E-state index contributed by atoms with van der Waals surface area (Å²) < 4.78 is 29.9. The van der Waals surface area contributed by atoms with Gasteiger partial charge in [0.1, 0.15) is 49.3 Å². The van der Waals surface area contributed by atoms with E-state index in [4.69, 9.17) is 19.3 Å². The zero-order chi connectivity index (χ0) is 20.6. The number of hydrogen-bond donors (Lipinski definition) is 7. The predicted octanol–water partition coefficient (Wildman–Crippen LogP) is -6.54. The van der Waals surface area contributed by atoms with Crippen LogP contribution in [0, 0.1) is 0 Å². The Morgan fingerprint density at radius 2 is 1.59 bits per heavy atom. The lowest BCUT2D eigenvalue weighted by atomic mass is 9.99. The summed E-state index contributed by atoms with van der Waals surface area (Å²) in [6.07, 6.45) is -14.1. The number of hydrogen-bond acceptors (Lipinski definition) is 14. The molecule has 2 aliphatic heterocycles. The van der Waals surface area contributed by atoms with Crippen LogP contribution in [0.2, 0.25) is 0 Å². The normalized spacial score (nSPS) is 46.0. The fraction of sp³-hybridized carbons (Fsp3) is 1.00. The van der Waals surface area contributed by atoms with Gasteiger partial charge in [-0.3, -0.25) is 0 Å². The van der Waals surface area contributed by atoms with E-state index >= 15 is 0 Å². The molecule has 0 aromatic rings. The Kier molecular flexibility index (Phi) is 7.33. The van der Waals surface area contributed by atoms with Crippen molar-refractivity contribution in [1.29, 1.82) is 0 Å². The van der Waals surface area contributed by atoms with Gasteiger partial charge in [-0.15, -0.1) is 0 Å². The Morgan fingerprint density at radius 1 is 0.963 bits per heavy atom. The number of phosphoric acid groups is 1. The number of ether oxygens (including phenoxy) is 3. The van der Waals surface area contributed by atoms with Crippen LogP contribution >= 0.6 is 7.82 Å². The number of rotatable bonds is 7. The first-order chi connectivity index (χ1) is 12.5. The molecule has 27 heavy (non-hydrogen) atoms. The Hall–Kier alpha value is -0.290. The van der Waals surface area contributed by atoms with Gasteiger partial charge in [0.15, 0.2) is 6.29 Å². The van der Waals surface area contributed by atoms with Crippen LogP contribution in [-0.2, 0) is 23.3 Å². The molecule has 0 bridgehead atoms. The highest BCUT2D eigenvalue weighted by Gasteiger charge is 2.58. The van der Waals surface area contributed by atoms with Crippen LogP contribution < -0.4 is 9.79 Å². The molecule has 0 radical (unpaired) electrons. The molecule has 15 heteroatoms. The molecule has 0 amide bonds. The summed E-state index contributed by atoms with van der Waals surface area (Å²) in [6, 6.07) is 0. The first-order valence-electron chi connectivity index (χ1n) is 7.75. The molecule has 2 aliphatic rings. The lowest BCUT2D eigenvalue weighted by molar-refractivity contribution is -0.384. The van der Waals surface area contributed by atoms with Gasteiger partial charge in [0.2, 0.25) is 5.79 Å². The van der Waals surface area contributed by atoms with E-state index in [-0.39, 0.29) is 0 Å². The van der Waals surface area contributed by atoms with Gasteiger partial charge in [0, 0.05) is 0 Å². The molecule has 2 saturated heterocycles. The zero-order valence-corrected chi connectivity index (χ0v) is 14.6. The molecule has 160 valence electrons. The van der Waals surface area contributed by atoms with Gasteiger partial charge in [0.05, 0.1) is 21.0 Å². The molecule has 0 aromatic heterocycles. The van der Waals surface area contributed by atoms with Gasteiger partial charge < -0.3 is 68.8 Å². The summed E-state index contributed by atoms with van der Waals surface area (Å²) >= 11 is 0. The molecule has 14 nitrogen and oxygen atoms in total. The fourth-order valence-corrected chi connectivity index (χ4v) is 3.11. The maximum atomic E-state index is 10.5. The molecule has 0 spiro atoms. The molecular formula is C12H21O14P-2. The van der Waals surface area contributed by atoms with Crippen molar-refractivity contribution in [3.05, 3.63) is 0 Å². The molecule has 2 fully saturated rings. The van der Waals surface area contributed by atoms with Gasteiger partial charge in [-0.25, -0.2) is 0 Å². The van der Waals surface area contributed by atoms with E-state index in [1.54, 1.807) is 0 Å². The minimum absolute atomic E-state index is 0.776. The van der Waals surface area contributed by atoms with E-state index < -0.39 is 82.4 Å². The van der Waals surface area contributed by atoms with E-state index in [9.17, 15) is 45.0 Å². The minimum atomic E-state index is -5.42. The second-order valence-electron chi connectivity index (χ2n) is 6.12. The van der Waals surface area contributed by atoms with Crippen molar-refractivity contribution in [1.82, 2.24) is 0 Å². The first kappa shape index (κ1) is 23.0. The third-order valence-electron chi connectivity index (χ3n) is 4.29. The van der Waals surface area contributed by atoms with Crippen LogP contribution in [0.4, 0.5) is 0 Å². The van der Waals surface area contributed by atoms with Crippen LogP contribution in [0.3, 0.4) is 0 Å². The largest absolute Gasteiger partial charge is 0.790 e. The predicted molar refractivity (Wildman–Crippen MR) is 75.1 cm³/mol. The van der Waals surface area contributed by atoms with E-state index in [0.717, 1.165) is 0 Å². The van der Waals surface area contributed by atoms with Crippen molar-refractivity contribution in [3.63, 3.8) is 0 Å². The monoisotopic (exact) mass is 420 g/mol. The third-order valence-corrected chi connectivity index (χ3v) is 4.75. The summed E-state index contributed by atoms with van der Waals surface area (Å²) in [5.41, 5.74) is 0. The highest BCUT2D eigenvalue weighted by atomic mass is 31.2. The molecule has 2 heterocycles. The Labute approximate surface area is 152 Å². The summed E-state index contributed by atoms with van der Waals surface area (Å²) in [7, 11) is -5.42. The van der Waals surface area contributed by atoms with Crippen LogP contribution in [0.5, 0.6) is 0 Å². The molecule has 2 rings (SSSR count). The maximum Gasteiger partial charge on any atom is 0.224 e. The summed E-state index contributed by atoms with van der Waals surface area (Å²) in [5.74, 6) is -2.46. The van der Waals surface area contributed by atoms with Crippen molar-refractivity contribution < 1.29 is 68.8 Å². The SMILES string of the molecule is O=P([O-])([O-])OCC1OC(CO)(OC2OC(CO)C(O)C(O)C2O)C(O)C1O. The topological polar surface area (TPSA) is 242 Å². The quantitative estimate of drug-likeness (QED) is 0.189. The highest BCUT2D eigenvalue weighted by Crippen LogP contribution is 2.37. The average molecular weight is 420 g/mol. The van der Waals surface area contributed by atoms with Crippen molar-refractivity contribution in [2.45, 2.75) is 54.8 Å². The third kappa shape index (κ3) is 4.83. The van der Waals surface area contributed by atoms with Crippen molar-refractivity contribution in [3.8, 4) is 0 Å². The van der Waals surface area contributed by atoms with E-state index in [1.807, 2.05) is 0 Å². The Morgan fingerprint density at radius 3 is 2.11 bits per heavy atom. The second kappa shape index (κ2) is 8.61. The Balaban J connectivity index is 2.15. The molecule has 9 atom stereocenters. The Bertz CT molecular complexity index is 540. The zero-order valence-electron chi connectivity index (χ0n) is 13.7. The molecule has 0 aromatic carbocycles. The summed E-state index contributed by atoms with van der Waals surface area (Å²) in [5, 5.41) is 68.2. The van der Waals surface area contributed by atoms with Gasteiger partial charge >= 0.3 is 0 Å². The first-order valence-corrected chi connectivity index (χ1v) is 9.21. The molecular weight excluding hydrogens is 399 g/mol. The van der Waals surface area contributed by atoms with Crippen LogP contribution in [-0.4, -0.2) is 110 Å². The van der Waals surface area contributed by atoms with Crippen molar-refractivity contribution in [2.24, 2.45) is 0 Å². The van der Waals surface area contributed by atoms with Crippen molar-refractivity contribution >= 4 is 7.82 Å². The lowest BCUT2D eigenvalue weighted by Crippen LogP contribution is -2.62. The van der Waals surface area contributed by atoms with Gasteiger partial charge in [-0.1, -0.05) is 0 Å². The summed E-state index contributed by atoms with van der Waals surface area (Å²) in [6.45, 7) is -2.91. The molecule has 0 aliphatic carbocycles. The van der Waals surface area contributed by atoms with Crippen molar-refractivity contribution in [2.75, 3.05) is 19.8 Å². The maximum absolute atomic E-state index is 10.5. The number of phosphoric ester groups is 1. The highest BCUT2D eigenvalue weighted by molar-refractivity contribution is 7.43. The number of aliphatic hydroxyl groups excluding tert-OH is 7. The smallest absolute Gasteiger partial charge is 0.224 e. The molecule has 9 unspecified atom stereocenters. The molecule has 7 N–H and O–H groups in total. The van der Waals surface area contributed by atoms with Gasteiger partial charge in [-0.05, 0) is 0 Å². The lowest BCUT2D eigenvalue weighted by Gasteiger charge is -2.43. The van der Waals surface area contributed by atoms with Crippen LogP contribution in [0.25, 0.3) is 0 Å². The van der Waals surface area contributed by atoms with E-state index in [2.05, 4.69) is 4.52 Å². The van der Waals surface area contributed by atoms with Crippen LogP contribution in [0.1, 0.15) is 0 Å². The van der Waals surface area contributed by atoms with E-state index in [1.165, 1.54) is 0 Å². The van der Waals surface area contributed by atoms with E-state index in [0.29, 0.717) is 0 Å². The standard InChI is InChI=1S/C12H23O14P/c13-1-4-6(15)8(17)9(18)11(24-4)26-12(3-14)10(19)7(16)5(25-12)2-23-27(20,21)22/h4-11,13-19H,1-3H2,(H2,20,21,22)/p-2.